The summed E-state index contributed by atoms with van der Waals surface area (Å²) >= 11 is 0. The Morgan fingerprint density at radius 3 is 2.80 bits per heavy atom. The van der Waals surface area contributed by atoms with E-state index in [0.29, 0.717) is 37.1 Å². The number of likely N-dealkylation sites (N-methyl/N-ethyl adjacent to an activating group) is 1. The van der Waals surface area contributed by atoms with Crippen molar-refractivity contribution in [2.45, 2.75) is 38.0 Å². The van der Waals surface area contributed by atoms with Crippen molar-refractivity contribution in [1.29, 1.82) is 0 Å². The van der Waals surface area contributed by atoms with Crippen molar-refractivity contribution in [2.75, 3.05) is 19.4 Å². The molecule has 6 rings (SSSR count). The standard InChI is InChI=1S/C24H23N3O3/c1-27(21-12-30-22-9-14(13-2-3-13)4-6-16(21)22)24(28)15-5-7-20-17(8-15)18-10-29-11-19(18)23(25)26-20/h4-9,13,21H,2-3,10-12H2,1H3,(H2,25,26). The lowest BCUT2D eigenvalue weighted by Gasteiger charge is -2.24. The summed E-state index contributed by atoms with van der Waals surface area (Å²) in [6.07, 6.45) is 2.52. The number of carbonyl (C=O) groups excluding carboxylic acids is 1. The van der Waals surface area contributed by atoms with E-state index in [9.17, 15) is 4.79 Å². The molecule has 152 valence electrons. The number of nitrogens with zero attached hydrogens (tertiary/aromatic N) is 2. The van der Waals surface area contributed by atoms with Gasteiger partial charge in [-0.25, -0.2) is 4.98 Å². The Morgan fingerprint density at radius 2 is 1.97 bits per heavy atom. The third-order valence-corrected chi connectivity index (χ3v) is 6.61. The van der Waals surface area contributed by atoms with Gasteiger partial charge in [0.2, 0.25) is 0 Å². The number of amides is 1. The number of hydrogen-bond donors (Lipinski definition) is 1. The highest BCUT2D eigenvalue weighted by atomic mass is 16.5. The number of nitrogens with two attached hydrogens (primary N) is 1. The maximum absolute atomic E-state index is 13.3. The SMILES string of the molecule is CN(C(=O)c1ccc2nc(N)c3c(c2c1)COC3)C1COc2cc(C3CC3)ccc21. The second-order valence-corrected chi connectivity index (χ2v) is 8.49. The molecular weight excluding hydrogens is 378 g/mol. The molecule has 6 nitrogen and oxygen atoms in total. The molecule has 2 aromatic carbocycles. The van der Waals surface area contributed by atoms with Crippen LogP contribution in [-0.2, 0) is 18.0 Å². The van der Waals surface area contributed by atoms with E-state index in [1.807, 2.05) is 25.2 Å². The maximum atomic E-state index is 13.3. The molecule has 6 heteroatoms. The minimum atomic E-state index is -0.0879. The highest BCUT2D eigenvalue weighted by Crippen LogP contribution is 2.44. The van der Waals surface area contributed by atoms with E-state index in [-0.39, 0.29) is 11.9 Å². The van der Waals surface area contributed by atoms with Gasteiger partial charge in [0.25, 0.3) is 5.91 Å². The molecule has 3 aliphatic rings. The molecule has 3 heterocycles. The third-order valence-electron chi connectivity index (χ3n) is 6.61. The van der Waals surface area contributed by atoms with Crippen molar-refractivity contribution in [3.63, 3.8) is 0 Å². The zero-order chi connectivity index (χ0) is 20.4. The number of hydrogen-bond acceptors (Lipinski definition) is 5. The lowest BCUT2D eigenvalue weighted by Crippen LogP contribution is -2.32. The molecule has 2 N–H and O–H groups in total. The monoisotopic (exact) mass is 401 g/mol. The Labute approximate surface area is 174 Å². The average molecular weight is 401 g/mol. The number of benzene rings is 2. The zero-order valence-corrected chi connectivity index (χ0v) is 16.9. The number of ether oxygens (including phenoxy) is 2. The van der Waals surface area contributed by atoms with Gasteiger partial charge in [0, 0.05) is 29.1 Å². The van der Waals surface area contributed by atoms with Gasteiger partial charge in [-0.3, -0.25) is 4.79 Å². The third kappa shape index (κ3) is 2.67. The van der Waals surface area contributed by atoms with Gasteiger partial charge in [0.15, 0.2) is 0 Å². The normalized spacial score (nSPS) is 19.4. The Balaban J connectivity index is 1.32. The summed E-state index contributed by atoms with van der Waals surface area (Å²) in [7, 11) is 1.85. The first-order valence-electron chi connectivity index (χ1n) is 10.4. The molecule has 30 heavy (non-hydrogen) atoms. The first-order chi connectivity index (χ1) is 14.6. The van der Waals surface area contributed by atoms with Crippen LogP contribution in [0.2, 0.25) is 0 Å². The van der Waals surface area contributed by atoms with Crippen LogP contribution in [0.1, 0.15) is 57.4 Å². The largest absolute Gasteiger partial charge is 0.491 e. The second-order valence-electron chi connectivity index (χ2n) is 8.49. The molecule has 0 spiro atoms. The van der Waals surface area contributed by atoms with Gasteiger partial charge in [0.05, 0.1) is 24.8 Å². The summed E-state index contributed by atoms with van der Waals surface area (Å²) in [6.45, 7) is 1.46. The number of pyridine rings is 1. The quantitative estimate of drug-likeness (QED) is 0.720. The fraction of sp³-hybridized carbons (Fsp3) is 0.333. The Hall–Kier alpha value is -3.12. The van der Waals surface area contributed by atoms with E-state index in [2.05, 4.69) is 23.2 Å². The number of carbonyl (C=O) groups is 1. The Kier molecular flexibility index (Phi) is 3.80. The minimum absolute atomic E-state index is 0.0332. The van der Waals surface area contributed by atoms with Crippen molar-refractivity contribution < 1.29 is 14.3 Å². The first-order valence-corrected chi connectivity index (χ1v) is 10.4. The molecule has 0 radical (unpaired) electrons. The number of rotatable bonds is 3. The molecule has 3 aromatic rings. The first kappa shape index (κ1) is 17.7. The van der Waals surface area contributed by atoms with Crippen molar-refractivity contribution in [3.05, 3.63) is 64.2 Å². The van der Waals surface area contributed by atoms with Crippen LogP contribution in [0.5, 0.6) is 5.75 Å². The summed E-state index contributed by atoms with van der Waals surface area (Å²) in [6, 6.07) is 12.0. The van der Waals surface area contributed by atoms with Crippen molar-refractivity contribution in [1.82, 2.24) is 9.88 Å². The molecule has 2 aliphatic heterocycles. The molecule has 1 aromatic heterocycles. The van der Waals surface area contributed by atoms with Crippen LogP contribution in [0, 0.1) is 0 Å². The molecule has 1 aliphatic carbocycles. The molecule has 1 unspecified atom stereocenters. The fourth-order valence-corrected chi connectivity index (χ4v) is 4.65. The summed E-state index contributed by atoms with van der Waals surface area (Å²) < 4.78 is 11.5. The van der Waals surface area contributed by atoms with E-state index in [1.165, 1.54) is 18.4 Å². The van der Waals surface area contributed by atoms with E-state index in [4.69, 9.17) is 15.2 Å². The van der Waals surface area contributed by atoms with E-state index in [0.717, 1.165) is 33.3 Å². The van der Waals surface area contributed by atoms with Crippen molar-refractivity contribution >= 4 is 22.6 Å². The summed E-state index contributed by atoms with van der Waals surface area (Å²) in [5, 5.41) is 0.938. The van der Waals surface area contributed by atoms with E-state index >= 15 is 0 Å². The smallest absolute Gasteiger partial charge is 0.254 e. The minimum Gasteiger partial charge on any atom is -0.491 e. The topological polar surface area (TPSA) is 77.7 Å². The Bertz CT molecular complexity index is 1200. The predicted octanol–water partition coefficient (Wildman–Crippen LogP) is 3.93. The van der Waals surface area contributed by atoms with Crippen molar-refractivity contribution in [2.24, 2.45) is 0 Å². The van der Waals surface area contributed by atoms with Gasteiger partial charge in [0.1, 0.15) is 18.2 Å². The molecule has 1 saturated carbocycles. The van der Waals surface area contributed by atoms with Crippen molar-refractivity contribution in [3.8, 4) is 5.75 Å². The van der Waals surface area contributed by atoms with Gasteiger partial charge in [-0.05, 0) is 54.2 Å². The van der Waals surface area contributed by atoms with Gasteiger partial charge < -0.3 is 20.1 Å². The van der Waals surface area contributed by atoms with Crippen LogP contribution in [0.25, 0.3) is 10.9 Å². The van der Waals surface area contributed by atoms with Gasteiger partial charge in [-0.2, -0.15) is 0 Å². The Morgan fingerprint density at radius 1 is 1.13 bits per heavy atom. The van der Waals surface area contributed by atoms with Crippen LogP contribution in [-0.4, -0.2) is 29.4 Å². The number of aromatic nitrogens is 1. The second kappa shape index (κ2) is 6.44. The predicted molar refractivity (Wildman–Crippen MR) is 113 cm³/mol. The lowest BCUT2D eigenvalue weighted by atomic mass is 10.0. The number of nitrogen functional groups attached to an aromatic ring is 1. The molecule has 0 saturated heterocycles. The lowest BCUT2D eigenvalue weighted by molar-refractivity contribution is 0.0708. The molecule has 1 atom stereocenters. The van der Waals surface area contributed by atoms with Crippen LogP contribution in [0.15, 0.2) is 36.4 Å². The molecular formula is C24H23N3O3. The van der Waals surface area contributed by atoms with Crippen LogP contribution < -0.4 is 10.5 Å². The van der Waals surface area contributed by atoms with Gasteiger partial charge >= 0.3 is 0 Å². The molecule has 1 fully saturated rings. The molecule has 0 bridgehead atoms. The summed E-state index contributed by atoms with van der Waals surface area (Å²) in [4.78, 5) is 19.6. The van der Waals surface area contributed by atoms with Crippen LogP contribution in [0.4, 0.5) is 5.82 Å². The van der Waals surface area contributed by atoms with Gasteiger partial charge in [-0.15, -0.1) is 0 Å². The zero-order valence-electron chi connectivity index (χ0n) is 16.9. The number of anilines is 1. The van der Waals surface area contributed by atoms with Crippen LogP contribution in [0.3, 0.4) is 0 Å². The van der Waals surface area contributed by atoms with E-state index < -0.39 is 0 Å². The number of fused-ring (bicyclic) bond motifs is 4. The summed E-state index contributed by atoms with van der Waals surface area (Å²) in [5.41, 5.74) is 11.9. The summed E-state index contributed by atoms with van der Waals surface area (Å²) in [5.74, 6) is 2.08. The van der Waals surface area contributed by atoms with Crippen LogP contribution >= 0.6 is 0 Å². The maximum Gasteiger partial charge on any atom is 0.254 e. The highest BCUT2D eigenvalue weighted by Gasteiger charge is 2.33. The average Bonchev–Trinajstić information content (AvgIpc) is 3.33. The van der Waals surface area contributed by atoms with E-state index in [1.54, 1.807) is 4.90 Å². The van der Waals surface area contributed by atoms with Gasteiger partial charge in [-0.1, -0.05) is 12.1 Å². The highest BCUT2D eigenvalue weighted by molar-refractivity contribution is 5.99. The fourth-order valence-electron chi connectivity index (χ4n) is 4.65. The molecule has 1 amide bonds.